The lowest BCUT2D eigenvalue weighted by atomic mass is 10.1. The summed E-state index contributed by atoms with van der Waals surface area (Å²) in [6.07, 6.45) is 0.964. The quantitative estimate of drug-likeness (QED) is 0.500. The van der Waals surface area contributed by atoms with Crippen molar-refractivity contribution in [1.29, 1.82) is 0 Å². The van der Waals surface area contributed by atoms with E-state index in [4.69, 9.17) is 0 Å². The van der Waals surface area contributed by atoms with Gasteiger partial charge in [0.2, 0.25) is 5.91 Å². The lowest BCUT2D eigenvalue weighted by Crippen LogP contribution is -2.19. The molecule has 0 atom stereocenters. The molecule has 0 aliphatic carbocycles. The Bertz CT molecular complexity index is 777. The number of rotatable bonds is 5. The monoisotopic (exact) mass is 317 g/mol. The number of nitrogens with one attached hydrogen (secondary N) is 1. The van der Waals surface area contributed by atoms with Gasteiger partial charge in [-0.05, 0) is 23.8 Å². The number of non-ortho nitro benzene ring substituents is 1. The lowest BCUT2D eigenvalue weighted by Gasteiger charge is -2.01. The molecule has 8 heteroatoms. The number of nitrogens with zero attached hydrogens (tertiary/aromatic N) is 2. The number of phenols is 1. The Morgan fingerprint density at radius 1 is 1.35 bits per heavy atom. The van der Waals surface area contributed by atoms with E-state index in [1.54, 1.807) is 12.1 Å². The first-order valence-corrected chi connectivity index (χ1v) is 6.49. The highest BCUT2D eigenvalue weighted by Gasteiger charge is 2.09. The van der Waals surface area contributed by atoms with Crippen LogP contribution >= 0.6 is 0 Å². The summed E-state index contributed by atoms with van der Waals surface area (Å²) >= 11 is 0. The van der Waals surface area contributed by atoms with E-state index in [1.165, 1.54) is 12.1 Å². The van der Waals surface area contributed by atoms with Crippen LogP contribution in [0, 0.1) is 15.9 Å². The van der Waals surface area contributed by atoms with Crippen LogP contribution in [0.15, 0.2) is 47.6 Å². The fourth-order valence-electron chi connectivity index (χ4n) is 1.81. The Morgan fingerprint density at radius 2 is 2.13 bits per heavy atom. The van der Waals surface area contributed by atoms with Crippen LogP contribution in [0.5, 0.6) is 5.75 Å². The Labute approximate surface area is 130 Å². The first kappa shape index (κ1) is 16.1. The van der Waals surface area contributed by atoms with Gasteiger partial charge in [0.1, 0.15) is 11.6 Å². The summed E-state index contributed by atoms with van der Waals surface area (Å²) < 4.78 is 13.5. The SMILES string of the molecule is O=C(Cc1cccc(O)c1)NN=Cc1cc([N+](=O)[O-])ccc1F. The van der Waals surface area contributed by atoms with Crippen molar-refractivity contribution in [2.45, 2.75) is 6.42 Å². The van der Waals surface area contributed by atoms with Crippen LogP contribution < -0.4 is 5.43 Å². The smallest absolute Gasteiger partial charge is 0.270 e. The van der Waals surface area contributed by atoms with Gasteiger partial charge in [0.25, 0.3) is 5.69 Å². The van der Waals surface area contributed by atoms with Crippen molar-refractivity contribution in [3.8, 4) is 5.75 Å². The van der Waals surface area contributed by atoms with E-state index in [0.717, 1.165) is 24.4 Å². The van der Waals surface area contributed by atoms with Gasteiger partial charge >= 0.3 is 0 Å². The van der Waals surface area contributed by atoms with E-state index < -0.39 is 16.6 Å². The molecule has 2 N–H and O–H groups in total. The summed E-state index contributed by atoms with van der Waals surface area (Å²) in [6.45, 7) is 0. The van der Waals surface area contributed by atoms with Gasteiger partial charge in [0.05, 0.1) is 17.6 Å². The van der Waals surface area contributed by atoms with Crippen LogP contribution in [-0.2, 0) is 11.2 Å². The highest BCUT2D eigenvalue weighted by Crippen LogP contribution is 2.15. The highest BCUT2D eigenvalue weighted by molar-refractivity contribution is 5.84. The molecule has 0 radical (unpaired) electrons. The average molecular weight is 317 g/mol. The molecule has 0 bridgehead atoms. The summed E-state index contributed by atoms with van der Waals surface area (Å²) in [5.74, 6) is -1.13. The Balaban J connectivity index is 2.00. The molecule has 0 saturated carbocycles. The first-order valence-electron chi connectivity index (χ1n) is 6.49. The molecule has 2 rings (SSSR count). The second kappa shape index (κ2) is 7.12. The molecule has 23 heavy (non-hydrogen) atoms. The number of carbonyl (C=O) groups is 1. The van der Waals surface area contributed by atoms with Gasteiger partial charge in [0, 0.05) is 17.7 Å². The third-order valence-corrected chi connectivity index (χ3v) is 2.86. The number of carbonyl (C=O) groups excluding carboxylic acids is 1. The van der Waals surface area contributed by atoms with Crippen LogP contribution in [0.2, 0.25) is 0 Å². The maximum atomic E-state index is 13.5. The number of benzene rings is 2. The molecule has 0 spiro atoms. The van der Waals surface area contributed by atoms with Gasteiger partial charge in [-0.25, -0.2) is 9.82 Å². The number of hydrogen-bond donors (Lipinski definition) is 2. The van der Waals surface area contributed by atoms with Crippen LogP contribution in [0.3, 0.4) is 0 Å². The van der Waals surface area contributed by atoms with Gasteiger partial charge in [-0.3, -0.25) is 14.9 Å². The van der Waals surface area contributed by atoms with E-state index >= 15 is 0 Å². The molecule has 1 amide bonds. The van der Waals surface area contributed by atoms with Crippen molar-refractivity contribution in [1.82, 2.24) is 5.43 Å². The van der Waals surface area contributed by atoms with Crippen LogP contribution in [-0.4, -0.2) is 22.2 Å². The van der Waals surface area contributed by atoms with Gasteiger partial charge in [-0.2, -0.15) is 5.10 Å². The fourth-order valence-corrected chi connectivity index (χ4v) is 1.81. The summed E-state index contributed by atoms with van der Waals surface area (Å²) in [7, 11) is 0. The zero-order chi connectivity index (χ0) is 16.8. The normalized spacial score (nSPS) is 10.7. The van der Waals surface area contributed by atoms with E-state index in [9.17, 15) is 24.4 Å². The Morgan fingerprint density at radius 3 is 2.83 bits per heavy atom. The van der Waals surface area contributed by atoms with Crippen LogP contribution in [0.4, 0.5) is 10.1 Å². The molecule has 0 fully saturated rings. The number of hydrogen-bond acceptors (Lipinski definition) is 5. The van der Waals surface area contributed by atoms with Gasteiger partial charge < -0.3 is 5.11 Å². The summed E-state index contributed by atoms with van der Waals surface area (Å²) in [6, 6.07) is 9.17. The van der Waals surface area contributed by atoms with Crippen LogP contribution in [0.25, 0.3) is 0 Å². The van der Waals surface area contributed by atoms with Crippen molar-refractivity contribution >= 4 is 17.8 Å². The Kier molecular flexibility index (Phi) is 4.98. The molecule has 118 valence electrons. The van der Waals surface area contributed by atoms with Crippen molar-refractivity contribution in [2.24, 2.45) is 5.10 Å². The number of nitro groups is 1. The number of hydrazone groups is 1. The van der Waals surface area contributed by atoms with E-state index in [-0.39, 0.29) is 23.4 Å². The van der Waals surface area contributed by atoms with Gasteiger partial charge in [-0.15, -0.1) is 0 Å². The molecular formula is C15H12FN3O4. The summed E-state index contributed by atoms with van der Waals surface area (Å²) in [4.78, 5) is 21.6. The van der Waals surface area contributed by atoms with E-state index in [1.807, 2.05) is 0 Å². The lowest BCUT2D eigenvalue weighted by molar-refractivity contribution is -0.384. The fraction of sp³-hybridized carbons (Fsp3) is 0.0667. The molecule has 0 aliphatic rings. The van der Waals surface area contributed by atoms with Gasteiger partial charge in [-0.1, -0.05) is 12.1 Å². The zero-order valence-corrected chi connectivity index (χ0v) is 11.8. The average Bonchev–Trinajstić information content (AvgIpc) is 2.49. The molecule has 7 nitrogen and oxygen atoms in total. The molecule has 2 aromatic rings. The van der Waals surface area contributed by atoms with E-state index in [0.29, 0.717) is 5.56 Å². The van der Waals surface area contributed by atoms with Crippen molar-refractivity contribution in [3.63, 3.8) is 0 Å². The van der Waals surface area contributed by atoms with Crippen molar-refractivity contribution < 1.29 is 19.2 Å². The number of nitro benzene ring substituents is 1. The topological polar surface area (TPSA) is 105 Å². The highest BCUT2D eigenvalue weighted by atomic mass is 19.1. The maximum Gasteiger partial charge on any atom is 0.270 e. The predicted molar refractivity (Wildman–Crippen MR) is 80.6 cm³/mol. The molecule has 2 aromatic carbocycles. The number of aromatic hydroxyl groups is 1. The minimum atomic E-state index is -0.693. The molecule has 0 aliphatic heterocycles. The van der Waals surface area contributed by atoms with Crippen molar-refractivity contribution in [3.05, 3.63) is 69.5 Å². The minimum absolute atomic E-state index is 0.0246. The number of halogens is 1. The second-order valence-corrected chi connectivity index (χ2v) is 4.60. The molecule has 0 aromatic heterocycles. The first-order chi connectivity index (χ1) is 11.0. The van der Waals surface area contributed by atoms with Gasteiger partial charge in [0.15, 0.2) is 0 Å². The third kappa shape index (κ3) is 4.60. The standard InChI is InChI=1S/C15H12FN3O4/c16-14-5-4-12(19(22)23)8-11(14)9-17-18-15(21)7-10-2-1-3-13(20)6-10/h1-6,8-9,20H,7H2,(H,18,21). The minimum Gasteiger partial charge on any atom is -0.508 e. The summed E-state index contributed by atoms with van der Waals surface area (Å²) in [5.41, 5.74) is 2.38. The summed E-state index contributed by atoms with van der Waals surface area (Å²) in [5, 5.41) is 23.5. The zero-order valence-electron chi connectivity index (χ0n) is 11.8. The third-order valence-electron chi connectivity index (χ3n) is 2.86. The van der Waals surface area contributed by atoms with Crippen molar-refractivity contribution in [2.75, 3.05) is 0 Å². The van der Waals surface area contributed by atoms with Crippen LogP contribution in [0.1, 0.15) is 11.1 Å². The maximum absolute atomic E-state index is 13.5. The number of amides is 1. The molecule has 0 saturated heterocycles. The second-order valence-electron chi connectivity index (χ2n) is 4.60. The molecule has 0 unspecified atom stereocenters. The predicted octanol–water partition coefficient (Wildman–Crippen LogP) is 2.13. The Hall–Kier alpha value is -3.29. The molecular weight excluding hydrogens is 305 g/mol. The molecule has 0 heterocycles. The largest absolute Gasteiger partial charge is 0.508 e. The van der Waals surface area contributed by atoms with E-state index in [2.05, 4.69) is 10.5 Å². The number of phenolic OH excluding ortho intramolecular Hbond substituents is 1.